The Morgan fingerprint density at radius 1 is 1.23 bits per heavy atom. The van der Waals surface area contributed by atoms with Gasteiger partial charge in [0.25, 0.3) is 17.0 Å². The third kappa shape index (κ3) is 3.86. The van der Waals surface area contributed by atoms with Crippen LogP contribution in [-0.4, -0.2) is 31.8 Å². The number of nitrogens with one attached hydrogen (secondary N) is 2. The highest BCUT2D eigenvalue weighted by atomic mass is 32.1. The quantitative estimate of drug-likeness (QED) is 0.611. The number of aromatic nitrogens is 4. The fourth-order valence-corrected chi connectivity index (χ4v) is 2.99. The molecule has 1 amide bonds. The number of carbonyl (C=O) groups excluding carboxylic acids is 1. The molecule has 3 aromatic heterocycles. The molecule has 9 nitrogen and oxygen atoms in total. The van der Waals surface area contributed by atoms with Crippen molar-refractivity contribution in [3.05, 3.63) is 83.7 Å². The second-order valence-corrected chi connectivity index (χ2v) is 6.35. The van der Waals surface area contributed by atoms with Gasteiger partial charge in [0.05, 0.1) is 13.1 Å². The molecule has 0 aliphatic rings. The molecule has 26 heavy (non-hydrogen) atoms. The van der Waals surface area contributed by atoms with E-state index in [-0.39, 0.29) is 30.8 Å². The van der Waals surface area contributed by atoms with E-state index in [2.05, 4.69) is 15.4 Å². The molecule has 3 heterocycles. The molecular weight excluding hydrogens is 358 g/mol. The maximum atomic E-state index is 12.5. The van der Waals surface area contributed by atoms with Gasteiger partial charge in [0, 0.05) is 29.9 Å². The summed E-state index contributed by atoms with van der Waals surface area (Å²) >= 11 is 1.41. The van der Waals surface area contributed by atoms with Gasteiger partial charge in [-0.2, -0.15) is 5.10 Å². The molecule has 134 valence electrons. The third-order valence-corrected chi connectivity index (χ3v) is 4.46. The second-order valence-electron chi connectivity index (χ2n) is 5.32. The van der Waals surface area contributed by atoms with Gasteiger partial charge >= 0.3 is 5.69 Å². The first kappa shape index (κ1) is 17.5. The van der Waals surface area contributed by atoms with Gasteiger partial charge in [-0.25, -0.2) is 9.48 Å². The summed E-state index contributed by atoms with van der Waals surface area (Å²) in [6.07, 6.45) is 2.56. The summed E-state index contributed by atoms with van der Waals surface area (Å²) in [6, 6.07) is 6.50. The first-order valence-corrected chi connectivity index (χ1v) is 8.59. The minimum absolute atomic E-state index is 0.0935. The lowest BCUT2D eigenvalue weighted by atomic mass is 10.3. The van der Waals surface area contributed by atoms with Gasteiger partial charge in [-0.3, -0.25) is 19.0 Å². The van der Waals surface area contributed by atoms with Crippen molar-refractivity contribution in [3.63, 3.8) is 0 Å². The lowest BCUT2D eigenvalue weighted by Gasteiger charge is -2.08. The van der Waals surface area contributed by atoms with E-state index >= 15 is 0 Å². The predicted octanol–water partition coefficient (Wildman–Crippen LogP) is -0.367. The van der Waals surface area contributed by atoms with Gasteiger partial charge in [0.2, 0.25) is 0 Å². The van der Waals surface area contributed by atoms with Gasteiger partial charge < -0.3 is 10.3 Å². The summed E-state index contributed by atoms with van der Waals surface area (Å²) < 4.78 is 2.17. The second kappa shape index (κ2) is 7.74. The first-order valence-electron chi connectivity index (χ1n) is 7.71. The van der Waals surface area contributed by atoms with Gasteiger partial charge in [-0.15, -0.1) is 11.3 Å². The lowest BCUT2D eigenvalue weighted by molar-refractivity contribution is 0.0949. The predicted molar refractivity (Wildman–Crippen MR) is 95.6 cm³/mol. The summed E-state index contributed by atoms with van der Waals surface area (Å²) in [5, 5.41) is 8.26. The average Bonchev–Trinajstić information content (AvgIpc) is 3.13. The number of aromatic amines is 1. The van der Waals surface area contributed by atoms with Crippen LogP contribution in [0.5, 0.6) is 0 Å². The van der Waals surface area contributed by atoms with Crippen LogP contribution in [0.25, 0.3) is 0 Å². The smallest absolute Gasteiger partial charge is 0.328 e. The molecule has 0 aromatic carbocycles. The number of rotatable bonds is 6. The van der Waals surface area contributed by atoms with E-state index in [0.717, 1.165) is 15.6 Å². The Balaban J connectivity index is 1.73. The molecule has 2 N–H and O–H groups in total. The van der Waals surface area contributed by atoms with Crippen LogP contribution >= 0.6 is 11.3 Å². The number of H-pyrrole nitrogens is 1. The van der Waals surface area contributed by atoms with Crippen LogP contribution in [0.15, 0.2) is 56.4 Å². The van der Waals surface area contributed by atoms with Crippen LogP contribution in [0.1, 0.15) is 15.2 Å². The number of carbonyl (C=O) groups is 1. The van der Waals surface area contributed by atoms with Crippen molar-refractivity contribution in [3.8, 4) is 0 Å². The summed E-state index contributed by atoms with van der Waals surface area (Å²) in [5.41, 5.74) is -1.71. The van der Waals surface area contributed by atoms with Crippen molar-refractivity contribution in [2.24, 2.45) is 0 Å². The van der Waals surface area contributed by atoms with Gasteiger partial charge in [-0.05, 0) is 17.5 Å². The average molecular weight is 373 g/mol. The standard InChI is InChI=1S/C16H15N5O4S/c22-13-4-1-5-19-21(13)7-6-17-14(23)12-9-18-16(25)20(15(12)24)10-11-3-2-8-26-11/h1-5,8-9H,6-7,10H2,(H,17,23)(H,18,25). The molecule has 0 atom stereocenters. The lowest BCUT2D eigenvalue weighted by Crippen LogP contribution is -2.41. The van der Waals surface area contributed by atoms with Crippen LogP contribution in [0.3, 0.4) is 0 Å². The highest BCUT2D eigenvalue weighted by molar-refractivity contribution is 7.09. The van der Waals surface area contributed by atoms with Crippen molar-refractivity contribution in [1.82, 2.24) is 24.6 Å². The van der Waals surface area contributed by atoms with Crippen molar-refractivity contribution in [2.45, 2.75) is 13.1 Å². The van der Waals surface area contributed by atoms with E-state index in [1.165, 1.54) is 34.3 Å². The number of amides is 1. The number of hydrogen-bond donors (Lipinski definition) is 2. The molecule has 0 saturated carbocycles. The minimum atomic E-state index is -0.672. The van der Waals surface area contributed by atoms with Gasteiger partial charge in [0.1, 0.15) is 5.56 Å². The van der Waals surface area contributed by atoms with Crippen molar-refractivity contribution in [2.75, 3.05) is 6.54 Å². The van der Waals surface area contributed by atoms with E-state index in [4.69, 9.17) is 0 Å². The van der Waals surface area contributed by atoms with Crippen LogP contribution < -0.4 is 22.1 Å². The molecule has 3 rings (SSSR count). The molecule has 0 aliphatic heterocycles. The fraction of sp³-hybridized carbons (Fsp3) is 0.188. The molecule has 0 radical (unpaired) electrons. The Kier molecular flexibility index (Phi) is 5.23. The maximum absolute atomic E-state index is 12.5. The highest BCUT2D eigenvalue weighted by Gasteiger charge is 2.15. The Morgan fingerprint density at radius 3 is 2.81 bits per heavy atom. The normalized spacial score (nSPS) is 10.6. The van der Waals surface area contributed by atoms with E-state index in [1.807, 2.05) is 11.4 Å². The van der Waals surface area contributed by atoms with Crippen molar-refractivity contribution >= 4 is 17.2 Å². The summed E-state index contributed by atoms with van der Waals surface area (Å²) in [6.45, 7) is 0.369. The molecule has 0 saturated heterocycles. The molecule has 0 unspecified atom stereocenters. The molecular formula is C16H15N5O4S. The number of hydrogen-bond acceptors (Lipinski definition) is 6. The number of thiophene rings is 1. The van der Waals surface area contributed by atoms with Crippen LogP contribution in [0.4, 0.5) is 0 Å². The molecule has 3 aromatic rings. The Bertz CT molecular complexity index is 1080. The molecule has 0 bridgehead atoms. The van der Waals surface area contributed by atoms with Gasteiger partial charge in [0.15, 0.2) is 0 Å². The highest BCUT2D eigenvalue weighted by Crippen LogP contribution is 2.08. The van der Waals surface area contributed by atoms with Crippen molar-refractivity contribution in [1.29, 1.82) is 0 Å². The zero-order chi connectivity index (χ0) is 18.5. The Hall–Kier alpha value is -3.27. The minimum Gasteiger partial charge on any atom is -0.350 e. The number of nitrogens with zero attached hydrogens (tertiary/aromatic N) is 3. The zero-order valence-electron chi connectivity index (χ0n) is 13.5. The first-order chi connectivity index (χ1) is 12.6. The van der Waals surface area contributed by atoms with E-state index in [1.54, 1.807) is 6.07 Å². The van der Waals surface area contributed by atoms with Crippen LogP contribution in [0, 0.1) is 0 Å². The largest absolute Gasteiger partial charge is 0.350 e. The van der Waals surface area contributed by atoms with Crippen LogP contribution in [0.2, 0.25) is 0 Å². The summed E-state index contributed by atoms with van der Waals surface area (Å²) in [4.78, 5) is 51.4. The molecule has 0 spiro atoms. The molecule has 0 aliphatic carbocycles. The third-order valence-electron chi connectivity index (χ3n) is 3.59. The van der Waals surface area contributed by atoms with E-state index in [9.17, 15) is 19.2 Å². The fourth-order valence-electron chi connectivity index (χ4n) is 2.30. The van der Waals surface area contributed by atoms with Crippen molar-refractivity contribution < 1.29 is 4.79 Å². The Morgan fingerprint density at radius 2 is 2.08 bits per heavy atom. The molecule has 0 fully saturated rings. The SMILES string of the molecule is O=C(NCCn1ncccc1=O)c1c[nH]c(=O)n(Cc2cccs2)c1=O. The topological polar surface area (TPSA) is 119 Å². The Labute approximate surface area is 150 Å². The van der Waals surface area contributed by atoms with Gasteiger partial charge in [-0.1, -0.05) is 6.07 Å². The van der Waals surface area contributed by atoms with Crippen LogP contribution in [-0.2, 0) is 13.1 Å². The monoisotopic (exact) mass is 373 g/mol. The zero-order valence-corrected chi connectivity index (χ0v) is 14.4. The van der Waals surface area contributed by atoms with E-state index < -0.39 is 17.2 Å². The summed E-state index contributed by atoms with van der Waals surface area (Å²) in [7, 11) is 0. The summed E-state index contributed by atoms with van der Waals surface area (Å²) in [5.74, 6) is -0.629. The van der Waals surface area contributed by atoms with E-state index in [0.29, 0.717) is 0 Å². The molecule has 10 heteroatoms. The maximum Gasteiger partial charge on any atom is 0.328 e.